The van der Waals surface area contributed by atoms with Crippen molar-refractivity contribution in [3.8, 4) is 22.3 Å². The van der Waals surface area contributed by atoms with Crippen LogP contribution in [0.4, 0.5) is 0 Å². The third-order valence-electron chi connectivity index (χ3n) is 6.73. The Labute approximate surface area is 167 Å². The van der Waals surface area contributed by atoms with Crippen molar-refractivity contribution in [2.45, 2.75) is 40.0 Å². The van der Waals surface area contributed by atoms with Gasteiger partial charge in [-0.15, -0.1) is 0 Å². The largest absolute Gasteiger partial charge is 0.0616 e. The molecule has 0 amide bonds. The fourth-order valence-corrected chi connectivity index (χ4v) is 4.86. The van der Waals surface area contributed by atoms with Gasteiger partial charge in [0.15, 0.2) is 0 Å². The Morgan fingerprint density at radius 2 is 1.25 bits per heavy atom. The summed E-state index contributed by atoms with van der Waals surface area (Å²) >= 11 is 0. The predicted octanol–water partition coefficient (Wildman–Crippen LogP) is 7.74. The molecule has 0 nitrogen and oxygen atoms in total. The minimum Gasteiger partial charge on any atom is -0.0616 e. The Kier molecular flexibility index (Phi) is 3.58. The Morgan fingerprint density at radius 1 is 0.571 bits per heavy atom. The zero-order valence-corrected chi connectivity index (χ0v) is 17.4. The summed E-state index contributed by atoms with van der Waals surface area (Å²) < 4.78 is 0. The first-order chi connectivity index (χ1) is 13.4. The van der Waals surface area contributed by atoms with Gasteiger partial charge in [-0.25, -0.2) is 0 Å². The Morgan fingerprint density at radius 3 is 2.00 bits per heavy atom. The normalized spacial score (nSPS) is 14.2. The van der Waals surface area contributed by atoms with E-state index in [0.717, 1.165) is 0 Å². The highest BCUT2D eigenvalue weighted by Gasteiger charge is 2.37. The van der Waals surface area contributed by atoms with Crippen LogP contribution in [0.3, 0.4) is 0 Å². The van der Waals surface area contributed by atoms with E-state index in [9.17, 15) is 0 Å². The molecule has 0 atom stereocenters. The first-order valence-electron chi connectivity index (χ1n) is 10.1. The second-order valence-corrected chi connectivity index (χ2v) is 8.85. The molecular weight excluding hydrogens is 336 g/mol. The van der Waals surface area contributed by atoms with Crippen LogP contribution < -0.4 is 0 Å². The van der Waals surface area contributed by atoms with E-state index in [1.807, 2.05) is 0 Å². The molecule has 0 spiro atoms. The lowest BCUT2D eigenvalue weighted by atomic mass is 9.80. The molecule has 0 aliphatic heterocycles. The fraction of sp³-hybridized carbons (Fsp3) is 0.214. The molecule has 1 aliphatic carbocycles. The van der Waals surface area contributed by atoms with Crippen LogP contribution in [0.15, 0.2) is 66.7 Å². The Balaban J connectivity index is 1.78. The lowest BCUT2D eigenvalue weighted by Gasteiger charge is -2.23. The third kappa shape index (κ3) is 2.31. The number of fused-ring (bicyclic) bond motifs is 5. The highest BCUT2D eigenvalue weighted by atomic mass is 14.4. The van der Waals surface area contributed by atoms with Crippen molar-refractivity contribution in [1.29, 1.82) is 0 Å². The van der Waals surface area contributed by atoms with Crippen molar-refractivity contribution < 1.29 is 0 Å². The lowest BCUT2D eigenvalue weighted by molar-refractivity contribution is 0.660. The molecular formula is C28H26. The molecule has 1 aliphatic rings. The van der Waals surface area contributed by atoms with Crippen LogP contribution in [-0.2, 0) is 5.41 Å². The maximum Gasteiger partial charge on any atom is 0.0159 e. The average Bonchev–Trinajstić information content (AvgIpc) is 2.91. The average molecular weight is 363 g/mol. The van der Waals surface area contributed by atoms with E-state index in [0.29, 0.717) is 0 Å². The van der Waals surface area contributed by atoms with Crippen LogP contribution in [-0.4, -0.2) is 0 Å². The van der Waals surface area contributed by atoms with Gasteiger partial charge in [0.1, 0.15) is 0 Å². The smallest absolute Gasteiger partial charge is 0.0159 e. The van der Waals surface area contributed by atoms with E-state index in [1.54, 1.807) is 0 Å². The topological polar surface area (TPSA) is 0 Å². The van der Waals surface area contributed by atoms with Crippen LogP contribution in [0, 0.1) is 20.8 Å². The van der Waals surface area contributed by atoms with E-state index in [2.05, 4.69) is 101 Å². The number of rotatable bonds is 1. The summed E-state index contributed by atoms with van der Waals surface area (Å²) in [5.74, 6) is 0. The van der Waals surface area contributed by atoms with E-state index >= 15 is 0 Å². The van der Waals surface area contributed by atoms with Crippen molar-refractivity contribution in [3.05, 3.63) is 94.5 Å². The maximum atomic E-state index is 2.42. The van der Waals surface area contributed by atoms with Gasteiger partial charge in [0.25, 0.3) is 0 Å². The minimum absolute atomic E-state index is 0.00914. The number of hydrogen-bond donors (Lipinski definition) is 0. The van der Waals surface area contributed by atoms with Crippen molar-refractivity contribution in [2.75, 3.05) is 0 Å². The van der Waals surface area contributed by atoms with Gasteiger partial charge in [-0.1, -0.05) is 74.5 Å². The predicted molar refractivity (Wildman–Crippen MR) is 121 cm³/mol. The molecule has 0 unspecified atom stereocenters. The second kappa shape index (κ2) is 5.82. The molecule has 0 radical (unpaired) electrons. The quantitative estimate of drug-likeness (QED) is 0.325. The van der Waals surface area contributed by atoms with E-state index < -0.39 is 0 Å². The lowest BCUT2D eigenvalue weighted by Crippen LogP contribution is -2.15. The summed E-state index contributed by atoms with van der Waals surface area (Å²) in [6, 6.07) is 25.1. The monoisotopic (exact) mass is 362 g/mol. The molecule has 0 saturated carbocycles. The summed E-state index contributed by atoms with van der Waals surface area (Å²) in [5.41, 5.74) is 12.4. The fourth-order valence-electron chi connectivity index (χ4n) is 4.86. The summed E-state index contributed by atoms with van der Waals surface area (Å²) in [6.07, 6.45) is 0. The molecule has 28 heavy (non-hydrogen) atoms. The number of aryl methyl sites for hydroxylation is 3. The minimum atomic E-state index is 0.00914. The van der Waals surface area contributed by atoms with Gasteiger partial charge in [0, 0.05) is 5.41 Å². The molecule has 0 heteroatoms. The van der Waals surface area contributed by atoms with Gasteiger partial charge in [-0.3, -0.25) is 0 Å². The molecule has 138 valence electrons. The van der Waals surface area contributed by atoms with E-state index in [-0.39, 0.29) is 5.41 Å². The van der Waals surface area contributed by atoms with E-state index in [4.69, 9.17) is 0 Å². The van der Waals surface area contributed by atoms with Gasteiger partial charge in [0.2, 0.25) is 0 Å². The van der Waals surface area contributed by atoms with Gasteiger partial charge < -0.3 is 0 Å². The first kappa shape index (κ1) is 17.3. The SMILES string of the molecule is Cc1ccc(-c2ccc3c(c2)C(C)(C)c2cc(C)c4ccccc4c2-3)cc1C. The number of hydrogen-bond acceptors (Lipinski definition) is 0. The van der Waals surface area contributed by atoms with Gasteiger partial charge in [0.05, 0.1) is 0 Å². The Hall–Kier alpha value is -2.86. The van der Waals surface area contributed by atoms with Crippen molar-refractivity contribution in [1.82, 2.24) is 0 Å². The zero-order valence-electron chi connectivity index (χ0n) is 17.4. The molecule has 4 aromatic rings. The standard InChI is InChI=1S/C28H26/c1-17-10-11-20(14-18(17)2)21-12-13-24-25(16-21)28(4,5)26-15-19(3)22-8-6-7-9-23(22)27(24)26/h6-16H,1-5H3. The molecule has 0 fully saturated rings. The van der Waals surface area contributed by atoms with Gasteiger partial charge >= 0.3 is 0 Å². The highest BCUT2D eigenvalue weighted by Crippen LogP contribution is 2.52. The first-order valence-corrected chi connectivity index (χ1v) is 10.1. The molecule has 0 N–H and O–H groups in total. The summed E-state index contributed by atoms with van der Waals surface area (Å²) in [5, 5.41) is 2.74. The van der Waals surface area contributed by atoms with Crippen molar-refractivity contribution >= 4 is 10.8 Å². The summed E-state index contributed by atoms with van der Waals surface area (Å²) in [6.45, 7) is 11.4. The van der Waals surface area contributed by atoms with Crippen LogP contribution in [0.1, 0.15) is 41.7 Å². The van der Waals surface area contributed by atoms with Crippen LogP contribution >= 0.6 is 0 Å². The molecule has 0 saturated heterocycles. The molecule has 0 heterocycles. The summed E-state index contributed by atoms with van der Waals surface area (Å²) in [4.78, 5) is 0. The zero-order chi connectivity index (χ0) is 19.6. The third-order valence-corrected chi connectivity index (χ3v) is 6.73. The maximum absolute atomic E-state index is 2.42. The molecule has 0 aromatic heterocycles. The van der Waals surface area contributed by atoms with Gasteiger partial charge in [-0.05, 0) is 87.7 Å². The molecule has 5 rings (SSSR count). The van der Waals surface area contributed by atoms with Crippen LogP contribution in [0.25, 0.3) is 33.0 Å². The highest BCUT2D eigenvalue weighted by molar-refractivity contribution is 6.04. The second-order valence-electron chi connectivity index (χ2n) is 8.85. The van der Waals surface area contributed by atoms with E-state index in [1.165, 1.54) is 60.8 Å². The van der Waals surface area contributed by atoms with Crippen LogP contribution in [0.2, 0.25) is 0 Å². The Bertz CT molecular complexity index is 1250. The molecule has 4 aromatic carbocycles. The number of benzene rings is 4. The molecule has 0 bridgehead atoms. The van der Waals surface area contributed by atoms with Crippen molar-refractivity contribution in [3.63, 3.8) is 0 Å². The van der Waals surface area contributed by atoms with Crippen LogP contribution in [0.5, 0.6) is 0 Å². The van der Waals surface area contributed by atoms with Gasteiger partial charge in [-0.2, -0.15) is 0 Å². The summed E-state index contributed by atoms with van der Waals surface area (Å²) in [7, 11) is 0. The van der Waals surface area contributed by atoms with Crippen molar-refractivity contribution in [2.24, 2.45) is 0 Å².